The van der Waals surface area contributed by atoms with E-state index in [9.17, 15) is 4.79 Å². The van der Waals surface area contributed by atoms with Crippen molar-refractivity contribution < 1.29 is 14.3 Å². The molecule has 0 saturated heterocycles. The van der Waals surface area contributed by atoms with Crippen molar-refractivity contribution in [3.63, 3.8) is 0 Å². The number of hydrogen-bond acceptors (Lipinski definition) is 4. The Labute approximate surface area is 185 Å². The molecule has 1 aliphatic rings. The lowest BCUT2D eigenvalue weighted by Crippen LogP contribution is -2.29. The summed E-state index contributed by atoms with van der Waals surface area (Å²) in [5, 5.41) is 0.621. The minimum absolute atomic E-state index is 0.194. The van der Waals surface area contributed by atoms with Gasteiger partial charge >= 0.3 is 0 Å². The minimum atomic E-state index is -0.377. The minimum Gasteiger partial charge on any atom is -0.497 e. The van der Waals surface area contributed by atoms with Gasteiger partial charge in [0.05, 0.1) is 31.8 Å². The molecule has 1 atom stereocenters. The molecule has 0 radical (unpaired) electrons. The molecule has 1 amide bonds. The normalized spacial score (nSPS) is 15.3. The van der Waals surface area contributed by atoms with E-state index >= 15 is 0 Å². The first kappa shape index (κ1) is 20.5. The Balaban J connectivity index is 1.85. The van der Waals surface area contributed by atoms with Crippen molar-refractivity contribution in [2.24, 2.45) is 0 Å². The largest absolute Gasteiger partial charge is 0.497 e. The summed E-state index contributed by atoms with van der Waals surface area (Å²) in [6, 6.07) is 14.7. The van der Waals surface area contributed by atoms with Gasteiger partial charge in [-0.2, -0.15) is 0 Å². The molecule has 1 aliphatic heterocycles. The predicted octanol–water partition coefficient (Wildman–Crippen LogP) is 5.46. The Morgan fingerprint density at radius 3 is 2.53 bits per heavy atom. The Morgan fingerprint density at radius 1 is 1.07 bits per heavy atom. The molecule has 3 aromatic rings. The molecule has 1 unspecified atom stereocenters. The highest BCUT2D eigenvalue weighted by atomic mass is 35.5. The summed E-state index contributed by atoms with van der Waals surface area (Å²) >= 11 is 12.7. The van der Waals surface area contributed by atoms with Crippen molar-refractivity contribution in [1.29, 1.82) is 0 Å². The highest BCUT2D eigenvalue weighted by Gasteiger charge is 2.41. The van der Waals surface area contributed by atoms with Crippen LogP contribution in [0.5, 0.6) is 11.5 Å². The van der Waals surface area contributed by atoms with E-state index in [1.165, 1.54) is 0 Å². The zero-order valence-electron chi connectivity index (χ0n) is 16.8. The molecule has 0 N–H and O–H groups in total. The van der Waals surface area contributed by atoms with E-state index in [0.29, 0.717) is 28.6 Å². The van der Waals surface area contributed by atoms with Gasteiger partial charge in [-0.05, 0) is 36.2 Å². The second-order valence-corrected chi connectivity index (χ2v) is 7.85. The molecular formula is C23H20Cl2N2O3. The molecule has 154 valence electrons. The molecule has 2 heterocycles. The third-order valence-electron chi connectivity index (χ3n) is 5.34. The van der Waals surface area contributed by atoms with Crippen LogP contribution < -0.4 is 9.47 Å². The summed E-state index contributed by atoms with van der Waals surface area (Å²) in [5.74, 6) is 1.10. The predicted molar refractivity (Wildman–Crippen MR) is 117 cm³/mol. The first-order valence-electron chi connectivity index (χ1n) is 9.38. The van der Waals surface area contributed by atoms with E-state index < -0.39 is 0 Å². The number of methoxy groups -OCH3 is 2. The van der Waals surface area contributed by atoms with Crippen LogP contribution in [0.2, 0.25) is 10.2 Å². The van der Waals surface area contributed by atoms with Crippen molar-refractivity contribution in [2.45, 2.75) is 19.5 Å². The van der Waals surface area contributed by atoms with Gasteiger partial charge in [-0.1, -0.05) is 47.5 Å². The van der Waals surface area contributed by atoms with Crippen LogP contribution in [0.15, 0.2) is 48.5 Å². The van der Waals surface area contributed by atoms with Crippen LogP contribution in [0.3, 0.4) is 0 Å². The van der Waals surface area contributed by atoms with Gasteiger partial charge in [0.25, 0.3) is 5.91 Å². The van der Waals surface area contributed by atoms with Crippen LogP contribution in [0, 0.1) is 6.92 Å². The van der Waals surface area contributed by atoms with E-state index in [2.05, 4.69) is 4.98 Å². The first-order valence-corrected chi connectivity index (χ1v) is 10.1. The SMILES string of the molecule is COc1ccc(CN2C(=O)c3nc(Cl)cc(Cl)c3C2c2ccccc2C)c(OC)c1. The van der Waals surface area contributed by atoms with Crippen LogP contribution in [0.1, 0.15) is 38.8 Å². The maximum absolute atomic E-state index is 13.4. The van der Waals surface area contributed by atoms with Crippen LogP contribution in [0.25, 0.3) is 0 Å². The molecule has 7 heteroatoms. The fourth-order valence-corrected chi connectivity index (χ4v) is 4.42. The van der Waals surface area contributed by atoms with Gasteiger partial charge in [-0.15, -0.1) is 0 Å². The zero-order valence-corrected chi connectivity index (χ0v) is 18.3. The van der Waals surface area contributed by atoms with E-state index in [-0.39, 0.29) is 22.8 Å². The maximum atomic E-state index is 13.4. The highest BCUT2D eigenvalue weighted by molar-refractivity contribution is 6.35. The third kappa shape index (κ3) is 3.48. The van der Waals surface area contributed by atoms with Crippen molar-refractivity contribution in [2.75, 3.05) is 14.2 Å². The van der Waals surface area contributed by atoms with Gasteiger partial charge in [0.15, 0.2) is 0 Å². The van der Waals surface area contributed by atoms with Crippen molar-refractivity contribution in [3.05, 3.63) is 86.7 Å². The summed E-state index contributed by atoms with van der Waals surface area (Å²) in [7, 11) is 3.19. The number of halogens is 2. The van der Waals surface area contributed by atoms with Gasteiger partial charge in [-0.3, -0.25) is 4.79 Å². The van der Waals surface area contributed by atoms with E-state index in [0.717, 1.165) is 16.7 Å². The number of pyridine rings is 1. The molecule has 0 spiro atoms. The molecule has 30 heavy (non-hydrogen) atoms. The van der Waals surface area contributed by atoms with Crippen LogP contribution >= 0.6 is 23.2 Å². The van der Waals surface area contributed by atoms with Gasteiger partial charge in [-0.25, -0.2) is 4.98 Å². The summed E-state index contributed by atoms with van der Waals surface area (Å²) in [5.41, 5.74) is 3.85. The van der Waals surface area contributed by atoms with Gasteiger partial charge < -0.3 is 14.4 Å². The molecule has 0 fully saturated rings. The third-order valence-corrected chi connectivity index (χ3v) is 5.85. The maximum Gasteiger partial charge on any atom is 0.274 e. The summed E-state index contributed by atoms with van der Waals surface area (Å²) in [6.07, 6.45) is 0. The first-order chi connectivity index (χ1) is 14.4. The summed E-state index contributed by atoms with van der Waals surface area (Å²) < 4.78 is 10.8. The second-order valence-electron chi connectivity index (χ2n) is 7.06. The number of rotatable bonds is 5. The lowest BCUT2D eigenvalue weighted by molar-refractivity contribution is 0.0730. The average molecular weight is 443 g/mol. The van der Waals surface area contributed by atoms with Crippen LogP contribution in [0.4, 0.5) is 0 Å². The second kappa shape index (κ2) is 8.17. The Morgan fingerprint density at radius 2 is 1.83 bits per heavy atom. The number of nitrogens with zero attached hydrogens (tertiary/aromatic N) is 2. The van der Waals surface area contributed by atoms with Gasteiger partial charge in [0.1, 0.15) is 22.3 Å². The molecular weight excluding hydrogens is 423 g/mol. The fourth-order valence-electron chi connectivity index (χ4n) is 3.87. The Kier molecular flexibility index (Phi) is 5.58. The van der Waals surface area contributed by atoms with Crippen molar-refractivity contribution in [1.82, 2.24) is 9.88 Å². The molecule has 5 nitrogen and oxygen atoms in total. The smallest absolute Gasteiger partial charge is 0.274 e. The number of carbonyl (C=O) groups is 1. The molecule has 1 aromatic heterocycles. The lowest BCUT2D eigenvalue weighted by Gasteiger charge is -2.28. The molecule has 0 aliphatic carbocycles. The van der Waals surface area contributed by atoms with Crippen LogP contribution in [-0.2, 0) is 6.54 Å². The van der Waals surface area contributed by atoms with Crippen LogP contribution in [-0.4, -0.2) is 30.0 Å². The quantitative estimate of drug-likeness (QED) is 0.492. The average Bonchev–Trinajstić information content (AvgIpc) is 3.00. The summed E-state index contributed by atoms with van der Waals surface area (Å²) in [6.45, 7) is 2.33. The molecule has 0 bridgehead atoms. The number of benzene rings is 2. The highest BCUT2D eigenvalue weighted by Crippen LogP contribution is 2.44. The lowest BCUT2D eigenvalue weighted by atomic mass is 9.95. The standard InChI is InChI=1S/C23H20Cl2N2O3/c1-13-6-4-5-7-16(13)22-20-17(24)11-19(25)26-21(20)23(28)27(22)12-14-8-9-15(29-2)10-18(14)30-3/h4-11,22H,12H2,1-3H3. The molecule has 4 rings (SSSR count). The Bertz CT molecular complexity index is 1130. The summed E-state index contributed by atoms with van der Waals surface area (Å²) in [4.78, 5) is 19.5. The fraction of sp³-hybridized carbons (Fsp3) is 0.217. The molecule has 0 saturated carbocycles. The van der Waals surface area contributed by atoms with E-state index in [1.54, 1.807) is 31.3 Å². The topological polar surface area (TPSA) is 51.7 Å². The number of carbonyl (C=O) groups excluding carboxylic acids is 1. The van der Waals surface area contributed by atoms with Gasteiger partial charge in [0.2, 0.25) is 0 Å². The number of ether oxygens (including phenoxy) is 2. The zero-order chi connectivity index (χ0) is 21.4. The number of amides is 1. The van der Waals surface area contributed by atoms with E-state index in [4.69, 9.17) is 32.7 Å². The molecule has 2 aromatic carbocycles. The number of aromatic nitrogens is 1. The van der Waals surface area contributed by atoms with Gasteiger partial charge in [0, 0.05) is 17.2 Å². The number of hydrogen-bond donors (Lipinski definition) is 0. The number of aryl methyl sites for hydroxylation is 1. The van der Waals surface area contributed by atoms with Crippen molar-refractivity contribution in [3.8, 4) is 11.5 Å². The van der Waals surface area contributed by atoms with Crippen molar-refractivity contribution >= 4 is 29.1 Å². The Hall–Kier alpha value is -2.76. The van der Waals surface area contributed by atoms with E-state index in [1.807, 2.05) is 43.3 Å². The monoisotopic (exact) mass is 442 g/mol. The number of fused-ring (bicyclic) bond motifs is 1.